The number of hydrogen-bond donors (Lipinski definition) is 0. The van der Waals surface area contributed by atoms with Crippen LogP contribution in [0.3, 0.4) is 0 Å². The first-order chi connectivity index (χ1) is 12.7. The van der Waals surface area contributed by atoms with E-state index in [1.54, 1.807) is 4.90 Å². The Morgan fingerprint density at radius 1 is 1.37 bits per heavy atom. The summed E-state index contributed by atoms with van der Waals surface area (Å²) in [5.41, 5.74) is -0.534. The summed E-state index contributed by atoms with van der Waals surface area (Å²) in [5, 5.41) is 3.97. The van der Waals surface area contributed by atoms with Crippen molar-refractivity contribution in [2.24, 2.45) is 7.05 Å². The number of carbonyl (C=O) groups excluding carboxylic acids is 1. The predicted molar refractivity (Wildman–Crippen MR) is 93.4 cm³/mol. The Morgan fingerprint density at radius 3 is 2.78 bits per heavy atom. The molecule has 0 aliphatic carbocycles. The minimum Gasteiger partial charge on any atom is -0.467 e. The molecule has 0 unspecified atom stereocenters. The summed E-state index contributed by atoms with van der Waals surface area (Å²) in [6.07, 6.45) is -0.770. The number of piperidine rings is 1. The summed E-state index contributed by atoms with van der Waals surface area (Å²) in [6.45, 7) is 3.85. The van der Waals surface area contributed by atoms with E-state index in [0.717, 1.165) is 31.7 Å². The Labute approximate surface area is 155 Å². The molecule has 0 spiro atoms. The van der Waals surface area contributed by atoms with Crippen LogP contribution in [0.5, 0.6) is 5.88 Å². The second kappa shape index (κ2) is 7.36. The number of rotatable bonds is 4. The summed E-state index contributed by atoms with van der Waals surface area (Å²) in [5.74, 6) is -0.450. The standard InChI is InChI=1S/C18H23F3N4O2/c1-4-12-7-5-6-8-25(12)15(26)10-27-14-9-13(18(19,20)21)16-11(2)23-24(3)17(16)22-14/h9,12H,4-8,10H2,1-3H3/t12-/m1/s1. The highest BCUT2D eigenvalue weighted by atomic mass is 19.4. The van der Waals surface area contributed by atoms with Crippen molar-refractivity contribution in [3.8, 4) is 5.88 Å². The van der Waals surface area contributed by atoms with Gasteiger partial charge in [-0.2, -0.15) is 23.3 Å². The first-order valence-corrected chi connectivity index (χ1v) is 9.06. The molecule has 148 valence electrons. The van der Waals surface area contributed by atoms with Gasteiger partial charge in [-0.25, -0.2) is 0 Å². The van der Waals surface area contributed by atoms with Crippen molar-refractivity contribution in [3.63, 3.8) is 0 Å². The minimum absolute atomic E-state index is 0.0502. The molecule has 1 fully saturated rings. The van der Waals surface area contributed by atoms with Gasteiger partial charge in [-0.3, -0.25) is 9.48 Å². The average molecular weight is 384 g/mol. The highest BCUT2D eigenvalue weighted by Crippen LogP contribution is 2.37. The molecule has 2 aromatic rings. The summed E-state index contributed by atoms with van der Waals surface area (Å²) in [6, 6.07) is 1.01. The van der Waals surface area contributed by atoms with Gasteiger partial charge in [0.15, 0.2) is 12.3 Å². The molecule has 0 radical (unpaired) electrons. The number of nitrogens with zero attached hydrogens (tertiary/aromatic N) is 4. The van der Waals surface area contributed by atoms with Gasteiger partial charge in [0.05, 0.1) is 16.6 Å². The topological polar surface area (TPSA) is 60.3 Å². The van der Waals surface area contributed by atoms with Crippen LogP contribution >= 0.6 is 0 Å². The number of pyridine rings is 1. The van der Waals surface area contributed by atoms with E-state index in [1.807, 2.05) is 6.92 Å². The molecule has 1 amide bonds. The van der Waals surface area contributed by atoms with Crippen molar-refractivity contribution in [1.82, 2.24) is 19.7 Å². The van der Waals surface area contributed by atoms with E-state index < -0.39 is 11.7 Å². The highest BCUT2D eigenvalue weighted by Gasteiger charge is 2.36. The number of aromatic nitrogens is 3. The van der Waals surface area contributed by atoms with E-state index in [0.29, 0.717) is 6.54 Å². The molecule has 0 aromatic carbocycles. The molecule has 3 heterocycles. The first kappa shape index (κ1) is 19.4. The van der Waals surface area contributed by atoms with E-state index in [-0.39, 0.29) is 41.2 Å². The van der Waals surface area contributed by atoms with Gasteiger partial charge in [0.2, 0.25) is 5.88 Å². The molecule has 1 atom stereocenters. The molecule has 6 nitrogen and oxygen atoms in total. The largest absolute Gasteiger partial charge is 0.467 e. The zero-order valence-corrected chi connectivity index (χ0v) is 15.6. The van der Waals surface area contributed by atoms with Crippen LogP contribution in [0, 0.1) is 6.92 Å². The molecular formula is C18H23F3N4O2. The van der Waals surface area contributed by atoms with Gasteiger partial charge >= 0.3 is 6.18 Å². The van der Waals surface area contributed by atoms with Gasteiger partial charge in [0.25, 0.3) is 5.91 Å². The SMILES string of the molecule is CC[C@@H]1CCCCN1C(=O)COc1cc(C(F)(F)F)c2c(C)nn(C)c2n1. The number of likely N-dealkylation sites (tertiary alicyclic amines) is 1. The van der Waals surface area contributed by atoms with E-state index in [9.17, 15) is 18.0 Å². The molecule has 2 aromatic heterocycles. The van der Waals surface area contributed by atoms with E-state index in [1.165, 1.54) is 18.7 Å². The van der Waals surface area contributed by atoms with Crippen LogP contribution in [0.25, 0.3) is 11.0 Å². The third kappa shape index (κ3) is 3.86. The summed E-state index contributed by atoms with van der Waals surface area (Å²) in [7, 11) is 1.52. The van der Waals surface area contributed by atoms with Crippen molar-refractivity contribution < 1.29 is 22.7 Å². The van der Waals surface area contributed by atoms with Gasteiger partial charge in [-0.15, -0.1) is 0 Å². The van der Waals surface area contributed by atoms with Crippen LogP contribution in [0.15, 0.2) is 6.07 Å². The number of hydrogen-bond acceptors (Lipinski definition) is 4. The maximum atomic E-state index is 13.5. The Kier molecular flexibility index (Phi) is 5.30. The van der Waals surface area contributed by atoms with Gasteiger partial charge in [-0.05, 0) is 32.6 Å². The molecule has 27 heavy (non-hydrogen) atoms. The summed E-state index contributed by atoms with van der Waals surface area (Å²) >= 11 is 0. The highest BCUT2D eigenvalue weighted by molar-refractivity contribution is 5.83. The lowest BCUT2D eigenvalue weighted by Crippen LogP contribution is -2.45. The number of ether oxygens (including phenoxy) is 1. The lowest BCUT2D eigenvalue weighted by molar-refractivity contribution is -0.137. The van der Waals surface area contributed by atoms with Gasteiger partial charge in [0.1, 0.15) is 0 Å². The maximum Gasteiger partial charge on any atom is 0.417 e. The first-order valence-electron chi connectivity index (χ1n) is 9.06. The van der Waals surface area contributed by atoms with Crippen LogP contribution in [-0.4, -0.2) is 44.8 Å². The van der Waals surface area contributed by atoms with Crippen molar-refractivity contribution in [1.29, 1.82) is 0 Å². The molecule has 3 rings (SSSR count). The molecule has 1 saturated heterocycles. The second-order valence-corrected chi connectivity index (χ2v) is 6.85. The number of alkyl halides is 3. The molecule has 1 aliphatic rings. The predicted octanol–water partition coefficient (Wildman–Crippen LogP) is 3.47. The normalized spacial score (nSPS) is 18.1. The van der Waals surface area contributed by atoms with Crippen LogP contribution in [0.2, 0.25) is 0 Å². The molecule has 1 aliphatic heterocycles. The Balaban J connectivity index is 1.85. The van der Waals surface area contributed by atoms with E-state index in [4.69, 9.17) is 4.74 Å². The number of fused-ring (bicyclic) bond motifs is 1. The smallest absolute Gasteiger partial charge is 0.417 e. The van der Waals surface area contributed by atoms with Gasteiger partial charge in [0, 0.05) is 25.7 Å². The van der Waals surface area contributed by atoms with Crippen LogP contribution in [0.1, 0.15) is 43.9 Å². The lowest BCUT2D eigenvalue weighted by atomic mass is 10.00. The van der Waals surface area contributed by atoms with Gasteiger partial charge in [-0.1, -0.05) is 6.92 Å². The number of carbonyl (C=O) groups is 1. The quantitative estimate of drug-likeness (QED) is 0.810. The third-order valence-electron chi connectivity index (χ3n) is 5.01. The van der Waals surface area contributed by atoms with E-state index in [2.05, 4.69) is 10.1 Å². The number of amides is 1. The Morgan fingerprint density at radius 2 is 2.11 bits per heavy atom. The van der Waals surface area contributed by atoms with Crippen molar-refractivity contribution in [2.75, 3.05) is 13.2 Å². The number of halogens is 3. The van der Waals surface area contributed by atoms with Crippen molar-refractivity contribution in [2.45, 2.75) is 51.7 Å². The fraction of sp³-hybridized carbons (Fsp3) is 0.611. The second-order valence-electron chi connectivity index (χ2n) is 6.85. The molecule has 9 heteroatoms. The maximum absolute atomic E-state index is 13.5. The average Bonchev–Trinajstić information content (AvgIpc) is 2.92. The number of aryl methyl sites for hydroxylation is 2. The zero-order valence-electron chi connectivity index (χ0n) is 15.6. The Bertz CT molecular complexity index is 847. The monoisotopic (exact) mass is 384 g/mol. The van der Waals surface area contributed by atoms with Crippen LogP contribution in [0.4, 0.5) is 13.2 Å². The van der Waals surface area contributed by atoms with Crippen LogP contribution in [-0.2, 0) is 18.0 Å². The zero-order chi connectivity index (χ0) is 19.8. The molecule has 0 bridgehead atoms. The van der Waals surface area contributed by atoms with Crippen LogP contribution < -0.4 is 4.74 Å². The van der Waals surface area contributed by atoms with Crippen molar-refractivity contribution in [3.05, 3.63) is 17.3 Å². The molecular weight excluding hydrogens is 361 g/mol. The summed E-state index contributed by atoms with van der Waals surface area (Å²) in [4.78, 5) is 18.4. The minimum atomic E-state index is -4.57. The fourth-order valence-electron chi connectivity index (χ4n) is 3.69. The summed E-state index contributed by atoms with van der Waals surface area (Å²) < 4.78 is 47.1. The Hall–Kier alpha value is -2.32. The molecule has 0 saturated carbocycles. The van der Waals surface area contributed by atoms with E-state index >= 15 is 0 Å². The third-order valence-corrected chi connectivity index (χ3v) is 5.01. The van der Waals surface area contributed by atoms with Crippen molar-refractivity contribution >= 4 is 16.9 Å². The fourth-order valence-corrected chi connectivity index (χ4v) is 3.69. The van der Waals surface area contributed by atoms with Gasteiger partial charge < -0.3 is 9.64 Å². The lowest BCUT2D eigenvalue weighted by Gasteiger charge is -2.35. The molecule has 0 N–H and O–H groups in total.